The van der Waals surface area contributed by atoms with Gasteiger partial charge >= 0.3 is 6.18 Å². The van der Waals surface area contributed by atoms with Gasteiger partial charge in [0.15, 0.2) is 0 Å². The average Bonchev–Trinajstić information content (AvgIpc) is 3.18. The van der Waals surface area contributed by atoms with Crippen LogP contribution in [-0.4, -0.2) is 18.3 Å². The monoisotopic (exact) mass is 446 g/mol. The standard InChI is InChI=1S/C26H30F4N2/c1-3-17-7-9-19(10-8-17)16(2)32-22-6-4-5-18(12-22)11-20-13-21(27)14-24-25(20)23(15-31-24)26(28,29)30/h7-10,13-15,18,22,24-25,31-32H,2-6,11-12H2,1H3. The van der Waals surface area contributed by atoms with Crippen molar-refractivity contribution in [3.63, 3.8) is 0 Å². The number of hydrogen-bond donors (Lipinski definition) is 2. The third-order valence-corrected chi connectivity index (χ3v) is 6.91. The highest BCUT2D eigenvalue weighted by molar-refractivity contribution is 5.62. The van der Waals surface area contributed by atoms with Crippen LogP contribution in [0.5, 0.6) is 0 Å². The zero-order chi connectivity index (χ0) is 22.9. The number of halogens is 4. The second-order valence-corrected chi connectivity index (χ2v) is 9.15. The van der Waals surface area contributed by atoms with Gasteiger partial charge in [-0.1, -0.05) is 49.8 Å². The number of benzene rings is 1. The maximum absolute atomic E-state index is 14.2. The van der Waals surface area contributed by atoms with Gasteiger partial charge in [-0.2, -0.15) is 13.2 Å². The Hall–Kier alpha value is -2.50. The molecule has 3 aliphatic rings. The Morgan fingerprint density at radius 2 is 1.94 bits per heavy atom. The molecule has 0 saturated heterocycles. The lowest BCUT2D eigenvalue weighted by molar-refractivity contribution is -0.0969. The fourth-order valence-electron chi connectivity index (χ4n) is 5.28. The summed E-state index contributed by atoms with van der Waals surface area (Å²) in [7, 11) is 0. The summed E-state index contributed by atoms with van der Waals surface area (Å²) in [6, 6.07) is 7.88. The Balaban J connectivity index is 1.41. The van der Waals surface area contributed by atoms with Crippen LogP contribution in [0.3, 0.4) is 0 Å². The number of hydrogen-bond acceptors (Lipinski definition) is 2. The SMILES string of the molecule is C=C(NC1CCCC(CC2=CC(F)=CC3NC=C(C(F)(F)F)C23)C1)c1ccc(CC)cc1. The minimum atomic E-state index is -4.42. The fourth-order valence-corrected chi connectivity index (χ4v) is 5.28. The molecule has 2 aliphatic carbocycles. The molecule has 4 unspecified atom stereocenters. The zero-order valence-corrected chi connectivity index (χ0v) is 18.3. The second-order valence-electron chi connectivity index (χ2n) is 9.15. The van der Waals surface area contributed by atoms with Crippen LogP contribution in [0.15, 0.2) is 66.2 Å². The molecule has 4 rings (SSSR count). The molecule has 2 nitrogen and oxygen atoms in total. The van der Waals surface area contributed by atoms with Crippen molar-refractivity contribution in [2.75, 3.05) is 0 Å². The predicted molar refractivity (Wildman–Crippen MR) is 120 cm³/mol. The Bertz CT molecular complexity index is 940. The van der Waals surface area contributed by atoms with E-state index in [0.717, 1.165) is 49.6 Å². The molecule has 1 aromatic carbocycles. The number of aryl methyl sites for hydroxylation is 1. The van der Waals surface area contributed by atoms with Crippen LogP contribution < -0.4 is 10.6 Å². The lowest BCUT2D eigenvalue weighted by Gasteiger charge is -2.34. The first-order valence-corrected chi connectivity index (χ1v) is 11.4. The normalized spacial score (nSPS) is 27.6. The molecule has 172 valence electrons. The molecule has 4 atom stereocenters. The third kappa shape index (κ3) is 4.94. The molecule has 1 saturated carbocycles. The minimum Gasteiger partial charge on any atom is -0.383 e. The molecule has 0 amide bonds. The van der Waals surface area contributed by atoms with E-state index in [1.54, 1.807) is 0 Å². The molecule has 6 heteroatoms. The summed E-state index contributed by atoms with van der Waals surface area (Å²) < 4.78 is 54.7. The molecule has 32 heavy (non-hydrogen) atoms. The largest absolute Gasteiger partial charge is 0.414 e. The molecular weight excluding hydrogens is 416 g/mol. The van der Waals surface area contributed by atoms with Crippen LogP contribution in [0.1, 0.15) is 50.2 Å². The Labute approximate surface area is 187 Å². The lowest BCUT2D eigenvalue weighted by atomic mass is 9.75. The first kappa shape index (κ1) is 22.7. The summed E-state index contributed by atoms with van der Waals surface area (Å²) in [5.41, 5.74) is 3.13. The van der Waals surface area contributed by atoms with Crippen molar-refractivity contribution in [3.8, 4) is 0 Å². The van der Waals surface area contributed by atoms with Crippen LogP contribution in [0, 0.1) is 11.8 Å². The van der Waals surface area contributed by atoms with Gasteiger partial charge in [-0.05, 0) is 61.3 Å². The van der Waals surface area contributed by atoms with Gasteiger partial charge in [0.25, 0.3) is 0 Å². The van der Waals surface area contributed by atoms with Gasteiger partial charge in [-0.3, -0.25) is 0 Å². The van der Waals surface area contributed by atoms with Crippen molar-refractivity contribution >= 4 is 5.70 Å². The van der Waals surface area contributed by atoms with E-state index in [0.29, 0.717) is 12.0 Å². The maximum Gasteiger partial charge on any atom is 0.414 e. The van der Waals surface area contributed by atoms with E-state index in [1.807, 2.05) is 0 Å². The van der Waals surface area contributed by atoms with Gasteiger partial charge in [0.1, 0.15) is 5.83 Å². The van der Waals surface area contributed by atoms with Gasteiger partial charge in [0.05, 0.1) is 11.6 Å². The highest BCUT2D eigenvalue weighted by Crippen LogP contribution is 2.45. The van der Waals surface area contributed by atoms with Crippen molar-refractivity contribution in [2.45, 2.75) is 63.7 Å². The second kappa shape index (κ2) is 9.16. The van der Waals surface area contributed by atoms with Crippen LogP contribution in [0.4, 0.5) is 17.6 Å². The quantitative estimate of drug-likeness (QED) is 0.482. The van der Waals surface area contributed by atoms with Crippen molar-refractivity contribution in [1.29, 1.82) is 0 Å². The molecule has 1 fully saturated rings. The van der Waals surface area contributed by atoms with Crippen LogP contribution in [-0.2, 0) is 6.42 Å². The van der Waals surface area contributed by atoms with Gasteiger partial charge in [-0.15, -0.1) is 0 Å². The average molecular weight is 447 g/mol. The summed E-state index contributed by atoms with van der Waals surface area (Å²) in [5, 5.41) is 6.24. The van der Waals surface area contributed by atoms with E-state index < -0.39 is 29.5 Å². The molecule has 1 aromatic rings. The molecule has 2 N–H and O–H groups in total. The number of rotatable bonds is 6. The van der Waals surface area contributed by atoms with Crippen molar-refractivity contribution < 1.29 is 17.6 Å². The maximum atomic E-state index is 14.2. The van der Waals surface area contributed by atoms with E-state index in [1.165, 1.54) is 17.7 Å². The Morgan fingerprint density at radius 3 is 2.62 bits per heavy atom. The topological polar surface area (TPSA) is 24.1 Å². The summed E-state index contributed by atoms with van der Waals surface area (Å²) in [6.07, 6.45) is 4.39. The van der Waals surface area contributed by atoms with E-state index in [4.69, 9.17) is 0 Å². The first-order chi connectivity index (χ1) is 15.2. The Kier molecular flexibility index (Phi) is 6.50. The lowest BCUT2D eigenvalue weighted by Crippen LogP contribution is -2.35. The van der Waals surface area contributed by atoms with Crippen molar-refractivity contribution in [1.82, 2.24) is 10.6 Å². The minimum absolute atomic E-state index is 0.212. The number of nitrogens with one attached hydrogen (secondary N) is 2. The van der Waals surface area contributed by atoms with E-state index in [9.17, 15) is 17.6 Å². The fraction of sp³-hybridized carbons (Fsp3) is 0.462. The van der Waals surface area contributed by atoms with Gasteiger partial charge in [-0.25, -0.2) is 4.39 Å². The van der Waals surface area contributed by atoms with Gasteiger partial charge in [0.2, 0.25) is 0 Å². The molecule has 1 heterocycles. The summed E-state index contributed by atoms with van der Waals surface area (Å²) in [4.78, 5) is 0. The predicted octanol–water partition coefficient (Wildman–Crippen LogP) is 6.59. The van der Waals surface area contributed by atoms with Gasteiger partial charge < -0.3 is 10.6 Å². The van der Waals surface area contributed by atoms with Crippen molar-refractivity contribution in [3.05, 3.63) is 77.3 Å². The molecule has 0 bridgehead atoms. The summed E-state index contributed by atoms with van der Waals surface area (Å²) in [5.74, 6) is -1.08. The van der Waals surface area contributed by atoms with E-state index in [-0.39, 0.29) is 12.0 Å². The molecule has 1 aliphatic heterocycles. The van der Waals surface area contributed by atoms with Crippen LogP contribution >= 0.6 is 0 Å². The number of alkyl halides is 3. The summed E-state index contributed by atoms with van der Waals surface area (Å²) >= 11 is 0. The third-order valence-electron chi connectivity index (χ3n) is 6.91. The van der Waals surface area contributed by atoms with E-state index >= 15 is 0 Å². The van der Waals surface area contributed by atoms with E-state index in [2.05, 4.69) is 48.4 Å². The first-order valence-electron chi connectivity index (χ1n) is 11.4. The van der Waals surface area contributed by atoms with Gasteiger partial charge in [0, 0.05) is 23.9 Å². The smallest absolute Gasteiger partial charge is 0.383 e. The molecule has 0 aromatic heterocycles. The van der Waals surface area contributed by atoms with Crippen molar-refractivity contribution in [2.24, 2.45) is 11.8 Å². The summed E-state index contributed by atoms with van der Waals surface area (Å²) in [6.45, 7) is 6.30. The number of fused-ring (bicyclic) bond motifs is 1. The van der Waals surface area contributed by atoms with Crippen LogP contribution in [0.2, 0.25) is 0 Å². The molecule has 0 spiro atoms. The number of allylic oxidation sites excluding steroid dienone is 2. The highest BCUT2D eigenvalue weighted by atomic mass is 19.4. The Morgan fingerprint density at radius 1 is 1.19 bits per heavy atom. The molecular formula is C26H30F4N2. The molecule has 0 radical (unpaired) electrons. The highest BCUT2D eigenvalue weighted by Gasteiger charge is 2.47. The zero-order valence-electron chi connectivity index (χ0n) is 18.3. The van der Waals surface area contributed by atoms with Crippen LogP contribution in [0.25, 0.3) is 5.70 Å².